The summed E-state index contributed by atoms with van der Waals surface area (Å²) in [6.45, 7) is 12.1. The topological polar surface area (TPSA) is 75.9 Å². The van der Waals surface area contributed by atoms with Crippen LogP contribution in [0.3, 0.4) is 0 Å². The Hall–Kier alpha value is -2.23. The fraction of sp³-hybridized carbons (Fsp3) is 0.556. The second kappa shape index (κ2) is 13.4. The molecule has 7 nitrogen and oxygen atoms in total. The number of ether oxygens (including phenoxy) is 1. The van der Waals surface area contributed by atoms with Gasteiger partial charge in [-0.25, -0.2) is 4.98 Å². The van der Waals surface area contributed by atoms with Gasteiger partial charge in [0.25, 0.3) is 11.5 Å². The zero-order valence-corrected chi connectivity index (χ0v) is 23.6. The fourth-order valence-corrected chi connectivity index (χ4v) is 5.40. The summed E-state index contributed by atoms with van der Waals surface area (Å²) >= 11 is 6.83. The summed E-state index contributed by atoms with van der Waals surface area (Å²) in [6, 6.07) is 3.75. The van der Waals surface area contributed by atoms with Crippen LogP contribution in [0.2, 0.25) is 0 Å². The summed E-state index contributed by atoms with van der Waals surface area (Å²) in [7, 11) is 0. The minimum absolute atomic E-state index is 0.134. The van der Waals surface area contributed by atoms with Gasteiger partial charge in [0.05, 0.1) is 16.6 Å². The van der Waals surface area contributed by atoms with E-state index in [1.165, 1.54) is 16.2 Å². The normalized spacial score (nSPS) is 16.1. The number of thioether (sulfide) groups is 1. The van der Waals surface area contributed by atoms with Crippen molar-refractivity contribution in [2.75, 3.05) is 25.0 Å². The number of aryl methyl sites for hydroxylation is 1. The van der Waals surface area contributed by atoms with E-state index in [0.717, 1.165) is 37.7 Å². The van der Waals surface area contributed by atoms with Gasteiger partial charge in [0, 0.05) is 25.9 Å². The Labute approximate surface area is 223 Å². The van der Waals surface area contributed by atoms with E-state index in [1.54, 1.807) is 17.2 Å². The molecule has 36 heavy (non-hydrogen) atoms. The Morgan fingerprint density at radius 2 is 2.03 bits per heavy atom. The summed E-state index contributed by atoms with van der Waals surface area (Å²) < 4.78 is 7.71. The number of rotatable bonds is 13. The minimum atomic E-state index is -0.218. The van der Waals surface area contributed by atoms with Crippen molar-refractivity contribution in [3.05, 3.63) is 44.7 Å². The standard InChI is InChI=1S/C27H38N4O3S2/c1-6-8-12-20(7-2)17-31-26(33)22(36-27(31)35)16-21-23(28-13-10-15-34-18(3)4)29-24-19(5)11-9-14-30(24)25(21)32/h9,11,14,16,18,20,28H,6-8,10,12-13,15,17H2,1-5H3/b22-16-. The summed E-state index contributed by atoms with van der Waals surface area (Å²) in [6.07, 6.45) is 8.65. The van der Waals surface area contributed by atoms with E-state index in [9.17, 15) is 9.59 Å². The quantitative estimate of drug-likeness (QED) is 0.204. The molecule has 0 saturated carbocycles. The number of thiocarbonyl (C=S) groups is 1. The Morgan fingerprint density at radius 1 is 1.25 bits per heavy atom. The maximum atomic E-state index is 13.5. The van der Waals surface area contributed by atoms with E-state index in [-0.39, 0.29) is 17.6 Å². The highest BCUT2D eigenvalue weighted by molar-refractivity contribution is 8.26. The van der Waals surface area contributed by atoms with E-state index in [4.69, 9.17) is 21.9 Å². The first-order valence-corrected chi connectivity index (χ1v) is 14.1. The number of amides is 1. The van der Waals surface area contributed by atoms with Crippen LogP contribution in [0.5, 0.6) is 0 Å². The zero-order valence-electron chi connectivity index (χ0n) is 22.0. The summed E-state index contributed by atoms with van der Waals surface area (Å²) in [4.78, 5) is 33.8. The molecule has 3 rings (SSSR count). The Bertz CT molecular complexity index is 1180. The lowest BCUT2D eigenvalue weighted by atomic mass is 9.99. The number of carbonyl (C=O) groups excluding carboxylic acids is 1. The van der Waals surface area contributed by atoms with Crippen molar-refractivity contribution in [1.82, 2.24) is 14.3 Å². The van der Waals surface area contributed by atoms with Gasteiger partial charge < -0.3 is 10.1 Å². The third kappa shape index (κ3) is 6.95. The molecule has 0 spiro atoms. The van der Waals surface area contributed by atoms with Crippen molar-refractivity contribution in [2.24, 2.45) is 5.92 Å². The van der Waals surface area contributed by atoms with Gasteiger partial charge in [-0.2, -0.15) is 0 Å². The SMILES string of the molecule is CCCCC(CC)CN1C(=O)/C(=C/c2c(NCCCOC(C)C)nc3c(C)cccn3c2=O)SC1=S. The maximum Gasteiger partial charge on any atom is 0.267 e. The first kappa shape index (κ1) is 28.3. The van der Waals surface area contributed by atoms with Crippen molar-refractivity contribution in [3.63, 3.8) is 0 Å². The lowest BCUT2D eigenvalue weighted by molar-refractivity contribution is -0.122. The molecule has 2 aromatic rings. The van der Waals surface area contributed by atoms with E-state index < -0.39 is 0 Å². The lowest BCUT2D eigenvalue weighted by Crippen LogP contribution is -2.33. The van der Waals surface area contributed by atoms with Crippen LogP contribution >= 0.6 is 24.0 Å². The molecule has 1 aliphatic heterocycles. The van der Waals surface area contributed by atoms with E-state index in [2.05, 4.69) is 19.2 Å². The average molecular weight is 531 g/mol. The first-order chi connectivity index (χ1) is 17.3. The van der Waals surface area contributed by atoms with E-state index >= 15 is 0 Å². The molecular weight excluding hydrogens is 492 g/mol. The van der Waals surface area contributed by atoms with Gasteiger partial charge in [-0.15, -0.1) is 0 Å². The summed E-state index contributed by atoms with van der Waals surface area (Å²) in [5, 5.41) is 3.31. The molecule has 0 bridgehead atoms. The van der Waals surface area contributed by atoms with Gasteiger partial charge in [-0.1, -0.05) is 63.2 Å². The first-order valence-electron chi connectivity index (χ1n) is 12.9. The number of aromatic nitrogens is 2. The monoisotopic (exact) mass is 530 g/mol. The molecule has 9 heteroatoms. The Kier molecular flexibility index (Phi) is 10.5. The van der Waals surface area contributed by atoms with Gasteiger partial charge in [0.2, 0.25) is 0 Å². The van der Waals surface area contributed by atoms with Crippen molar-refractivity contribution in [2.45, 2.75) is 72.8 Å². The molecule has 1 unspecified atom stereocenters. The molecule has 0 radical (unpaired) electrons. The lowest BCUT2D eigenvalue weighted by Gasteiger charge is -2.21. The Morgan fingerprint density at radius 3 is 2.72 bits per heavy atom. The highest BCUT2D eigenvalue weighted by Gasteiger charge is 2.33. The fourth-order valence-electron chi connectivity index (χ4n) is 4.14. The number of unbranched alkanes of at least 4 members (excludes halogenated alkanes) is 1. The number of carbonyl (C=O) groups is 1. The number of hydrogen-bond acceptors (Lipinski definition) is 7. The van der Waals surface area contributed by atoms with Crippen LogP contribution in [0.4, 0.5) is 5.82 Å². The van der Waals surface area contributed by atoms with Gasteiger partial charge in [0.15, 0.2) is 0 Å². The van der Waals surface area contributed by atoms with Crippen LogP contribution in [0.15, 0.2) is 28.0 Å². The molecule has 1 amide bonds. The Balaban J connectivity index is 1.92. The molecule has 1 fully saturated rings. The molecule has 1 N–H and O–H groups in total. The number of fused-ring (bicyclic) bond motifs is 1. The van der Waals surface area contributed by atoms with Crippen molar-refractivity contribution in [3.8, 4) is 0 Å². The number of pyridine rings is 1. The van der Waals surface area contributed by atoms with Gasteiger partial charge in [0.1, 0.15) is 15.8 Å². The molecule has 0 aliphatic carbocycles. The average Bonchev–Trinajstić information content (AvgIpc) is 3.11. The second-order valence-corrected chi connectivity index (χ2v) is 11.1. The highest BCUT2D eigenvalue weighted by Crippen LogP contribution is 2.34. The molecule has 1 atom stereocenters. The molecular formula is C27H38N4O3S2. The molecule has 1 saturated heterocycles. The predicted octanol–water partition coefficient (Wildman–Crippen LogP) is 5.65. The van der Waals surface area contributed by atoms with E-state index in [0.29, 0.717) is 51.9 Å². The van der Waals surface area contributed by atoms with Crippen LogP contribution < -0.4 is 10.9 Å². The number of anilines is 1. The van der Waals surface area contributed by atoms with Crippen LogP contribution in [-0.2, 0) is 9.53 Å². The highest BCUT2D eigenvalue weighted by atomic mass is 32.2. The predicted molar refractivity (Wildman–Crippen MR) is 154 cm³/mol. The minimum Gasteiger partial charge on any atom is -0.379 e. The molecule has 196 valence electrons. The maximum absolute atomic E-state index is 13.5. The third-order valence-electron chi connectivity index (χ3n) is 6.28. The van der Waals surface area contributed by atoms with Crippen LogP contribution in [-0.4, -0.2) is 50.3 Å². The van der Waals surface area contributed by atoms with Crippen LogP contribution in [0.25, 0.3) is 11.7 Å². The molecule has 3 heterocycles. The van der Waals surface area contributed by atoms with Gasteiger partial charge in [-0.3, -0.25) is 18.9 Å². The van der Waals surface area contributed by atoms with Crippen LogP contribution in [0.1, 0.15) is 70.9 Å². The molecule has 2 aromatic heterocycles. The largest absolute Gasteiger partial charge is 0.379 e. The summed E-state index contributed by atoms with van der Waals surface area (Å²) in [5.41, 5.74) is 1.64. The van der Waals surface area contributed by atoms with Crippen LogP contribution in [0, 0.1) is 12.8 Å². The molecule has 0 aromatic carbocycles. The summed E-state index contributed by atoms with van der Waals surface area (Å²) in [5.74, 6) is 0.747. The van der Waals surface area contributed by atoms with Gasteiger partial charge >= 0.3 is 0 Å². The van der Waals surface area contributed by atoms with Crippen molar-refractivity contribution in [1.29, 1.82) is 0 Å². The third-order valence-corrected chi connectivity index (χ3v) is 7.66. The van der Waals surface area contributed by atoms with E-state index in [1.807, 2.05) is 32.9 Å². The zero-order chi connectivity index (χ0) is 26.2. The second-order valence-electron chi connectivity index (χ2n) is 9.47. The molecule has 1 aliphatic rings. The number of nitrogens with zero attached hydrogens (tertiary/aromatic N) is 3. The number of nitrogens with one attached hydrogen (secondary N) is 1. The number of hydrogen-bond donors (Lipinski definition) is 1. The smallest absolute Gasteiger partial charge is 0.267 e. The van der Waals surface area contributed by atoms with Crippen molar-refractivity contribution < 1.29 is 9.53 Å². The van der Waals surface area contributed by atoms with Crippen molar-refractivity contribution >= 4 is 51.7 Å². The van der Waals surface area contributed by atoms with Gasteiger partial charge in [-0.05, 0) is 57.2 Å².